The van der Waals surface area contributed by atoms with E-state index in [2.05, 4.69) is 15.9 Å². The quantitative estimate of drug-likeness (QED) is 0.731. The summed E-state index contributed by atoms with van der Waals surface area (Å²) < 4.78 is 27.2. The Hall–Kier alpha value is -1.04. The molecular weight excluding hydrogens is 374 g/mol. The molecule has 0 radical (unpaired) electrons. The van der Waals surface area contributed by atoms with Gasteiger partial charge in [0.1, 0.15) is 4.90 Å². The first-order chi connectivity index (χ1) is 9.86. The topological polar surface area (TPSA) is 37.4 Å². The molecule has 2 rings (SSSR count). The molecule has 0 N–H and O–H groups in total. The Kier molecular flexibility index (Phi) is 4.96. The maximum absolute atomic E-state index is 12.7. The van der Waals surface area contributed by atoms with Gasteiger partial charge < -0.3 is 0 Å². The Morgan fingerprint density at radius 3 is 2.29 bits per heavy atom. The second-order valence-electron chi connectivity index (χ2n) is 4.71. The van der Waals surface area contributed by atoms with Crippen molar-refractivity contribution in [2.24, 2.45) is 0 Å². The van der Waals surface area contributed by atoms with Crippen LogP contribution in [0.25, 0.3) is 0 Å². The maximum atomic E-state index is 12.7. The molecule has 0 saturated heterocycles. The maximum Gasteiger partial charge on any atom is 0.265 e. The highest BCUT2D eigenvalue weighted by atomic mass is 79.9. The number of nitrogens with zero attached hydrogens (tertiary/aromatic N) is 1. The number of hydrogen-bond acceptors (Lipinski definition) is 2. The molecule has 0 saturated carbocycles. The standard InChI is InChI=1S/C15H15BrClNO2S/c1-11-3-6-13(7-4-11)18(2)21(19,20)15-8-5-12(10-17)9-14(15)16/h3-9H,10H2,1-2H3. The summed E-state index contributed by atoms with van der Waals surface area (Å²) in [5.74, 6) is 0.340. The van der Waals surface area contributed by atoms with Crippen LogP contribution < -0.4 is 4.31 Å². The van der Waals surface area contributed by atoms with Crippen LogP contribution in [0.3, 0.4) is 0 Å². The van der Waals surface area contributed by atoms with Gasteiger partial charge in [-0.2, -0.15) is 0 Å². The predicted molar refractivity (Wildman–Crippen MR) is 90.5 cm³/mol. The number of alkyl halides is 1. The highest BCUT2D eigenvalue weighted by molar-refractivity contribution is 9.10. The van der Waals surface area contributed by atoms with Crippen LogP contribution in [0, 0.1) is 6.92 Å². The second kappa shape index (κ2) is 6.38. The third kappa shape index (κ3) is 3.42. The summed E-state index contributed by atoms with van der Waals surface area (Å²) in [5, 5.41) is 0. The number of aryl methyl sites for hydroxylation is 1. The van der Waals surface area contributed by atoms with Gasteiger partial charge in [0.25, 0.3) is 10.0 Å². The number of benzene rings is 2. The molecule has 112 valence electrons. The molecular formula is C15H15BrClNO2S. The van der Waals surface area contributed by atoms with E-state index in [1.54, 1.807) is 37.4 Å². The Morgan fingerprint density at radius 2 is 1.76 bits per heavy atom. The van der Waals surface area contributed by atoms with Gasteiger partial charge in [0.2, 0.25) is 0 Å². The van der Waals surface area contributed by atoms with E-state index in [0.717, 1.165) is 11.1 Å². The van der Waals surface area contributed by atoms with Crippen LogP contribution in [-0.4, -0.2) is 15.5 Å². The molecule has 0 unspecified atom stereocenters. The number of sulfonamides is 1. The van der Waals surface area contributed by atoms with E-state index in [1.165, 1.54) is 4.31 Å². The fourth-order valence-corrected chi connectivity index (χ4v) is 4.32. The highest BCUT2D eigenvalue weighted by Gasteiger charge is 2.23. The highest BCUT2D eigenvalue weighted by Crippen LogP contribution is 2.29. The minimum Gasteiger partial charge on any atom is -0.269 e. The molecule has 2 aromatic carbocycles. The number of rotatable bonds is 4. The van der Waals surface area contributed by atoms with Crippen LogP contribution >= 0.6 is 27.5 Å². The fourth-order valence-electron chi connectivity index (χ4n) is 1.88. The molecule has 0 spiro atoms. The van der Waals surface area contributed by atoms with Crippen LogP contribution in [0.15, 0.2) is 51.8 Å². The monoisotopic (exact) mass is 387 g/mol. The first-order valence-electron chi connectivity index (χ1n) is 6.26. The number of hydrogen-bond donors (Lipinski definition) is 0. The van der Waals surface area contributed by atoms with E-state index >= 15 is 0 Å². The molecule has 0 atom stereocenters. The van der Waals surface area contributed by atoms with Crippen molar-refractivity contribution in [3.63, 3.8) is 0 Å². The van der Waals surface area contributed by atoms with Gasteiger partial charge >= 0.3 is 0 Å². The molecule has 0 aromatic heterocycles. The summed E-state index contributed by atoms with van der Waals surface area (Å²) in [5.41, 5.74) is 2.56. The third-order valence-electron chi connectivity index (χ3n) is 3.19. The van der Waals surface area contributed by atoms with E-state index in [1.807, 2.05) is 19.1 Å². The van der Waals surface area contributed by atoms with E-state index in [9.17, 15) is 8.42 Å². The van der Waals surface area contributed by atoms with Gasteiger partial charge in [-0.05, 0) is 52.7 Å². The van der Waals surface area contributed by atoms with Gasteiger partial charge in [-0.25, -0.2) is 8.42 Å². The smallest absolute Gasteiger partial charge is 0.265 e. The summed E-state index contributed by atoms with van der Waals surface area (Å²) in [4.78, 5) is 0.222. The van der Waals surface area contributed by atoms with Crippen molar-refractivity contribution in [2.75, 3.05) is 11.4 Å². The largest absolute Gasteiger partial charge is 0.269 e. The van der Waals surface area contributed by atoms with E-state index < -0.39 is 10.0 Å². The van der Waals surface area contributed by atoms with Crippen molar-refractivity contribution >= 4 is 43.2 Å². The molecule has 3 nitrogen and oxygen atoms in total. The summed E-state index contributed by atoms with van der Waals surface area (Å²) in [6.45, 7) is 1.96. The lowest BCUT2D eigenvalue weighted by Gasteiger charge is -2.20. The van der Waals surface area contributed by atoms with Gasteiger partial charge in [-0.3, -0.25) is 4.31 Å². The SMILES string of the molecule is Cc1ccc(N(C)S(=O)(=O)c2ccc(CCl)cc2Br)cc1. The second-order valence-corrected chi connectivity index (χ2v) is 7.77. The van der Waals surface area contributed by atoms with Crippen molar-refractivity contribution in [3.05, 3.63) is 58.1 Å². The Labute approximate surface area is 138 Å². The number of halogens is 2. The molecule has 0 heterocycles. The lowest BCUT2D eigenvalue weighted by atomic mass is 10.2. The van der Waals surface area contributed by atoms with Crippen molar-refractivity contribution in [2.45, 2.75) is 17.7 Å². The Morgan fingerprint density at radius 1 is 1.14 bits per heavy atom. The van der Waals surface area contributed by atoms with E-state index in [-0.39, 0.29) is 4.90 Å². The summed E-state index contributed by atoms with van der Waals surface area (Å²) >= 11 is 9.07. The number of anilines is 1. The van der Waals surface area contributed by atoms with Crippen LogP contribution in [-0.2, 0) is 15.9 Å². The first-order valence-corrected chi connectivity index (χ1v) is 9.03. The summed E-state index contributed by atoms with van der Waals surface area (Å²) in [6, 6.07) is 12.3. The molecule has 0 aliphatic rings. The lowest BCUT2D eigenvalue weighted by Crippen LogP contribution is -2.26. The molecule has 0 aliphatic carbocycles. The van der Waals surface area contributed by atoms with Crippen LogP contribution in [0.1, 0.15) is 11.1 Å². The van der Waals surface area contributed by atoms with Crippen molar-refractivity contribution in [1.82, 2.24) is 0 Å². The molecule has 6 heteroatoms. The van der Waals surface area contributed by atoms with Crippen LogP contribution in [0.5, 0.6) is 0 Å². The molecule has 2 aromatic rings. The van der Waals surface area contributed by atoms with Crippen LogP contribution in [0.4, 0.5) is 5.69 Å². The minimum absolute atomic E-state index is 0.222. The van der Waals surface area contributed by atoms with Gasteiger partial charge in [0, 0.05) is 17.4 Å². The minimum atomic E-state index is -3.62. The molecule has 0 bridgehead atoms. The van der Waals surface area contributed by atoms with Gasteiger partial charge in [0.05, 0.1) is 5.69 Å². The predicted octanol–water partition coefficient (Wildman–Crippen LogP) is 4.32. The molecule has 0 fully saturated rings. The first kappa shape index (κ1) is 16.3. The van der Waals surface area contributed by atoms with Gasteiger partial charge in [0.15, 0.2) is 0 Å². The van der Waals surface area contributed by atoms with Gasteiger partial charge in [-0.15, -0.1) is 11.6 Å². The lowest BCUT2D eigenvalue weighted by molar-refractivity contribution is 0.594. The summed E-state index contributed by atoms with van der Waals surface area (Å²) in [6.07, 6.45) is 0. The Bertz CT molecular complexity index is 745. The summed E-state index contributed by atoms with van der Waals surface area (Å²) in [7, 11) is -2.07. The van der Waals surface area contributed by atoms with Crippen molar-refractivity contribution < 1.29 is 8.42 Å². The average Bonchev–Trinajstić information content (AvgIpc) is 2.46. The Balaban J connectivity index is 2.44. The molecule has 0 aliphatic heterocycles. The molecule has 21 heavy (non-hydrogen) atoms. The van der Waals surface area contributed by atoms with Gasteiger partial charge in [-0.1, -0.05) is 23.8 Å². The van der Waals surface area contributed by atoms with E-state index in [4.69, 9.17) is 11.6 Å². The van der Waals surface area contributed by atoms with Crippen LogP contribution in [0.2, 0.25) is 0 Å². The zero-order chi connectivity index (χ0) is 15.6. The van der Waals surface area contributed by atoms with Crippen molar-refractivity contribution in [3.8, 4) is 0 Å². The zero-order valence-electron chi connectivity index (χ0n) is 11.7. The normalized spacial score (nSPS) is 11.4. The van der Waals surface area contributed by atoms with E-state index in [0.29, 0.717) is 16.0 Å². The fraction of sp³-hybridized carbons (Fsp3) is 0.200. The molecule has 0 amide bonds. The average molecular weight is 389 g/mol. The third-order valence-corrected chi connectivity index (χ3v) is 6.26. The van der Waals surface area contributed by atoms with Crippen molar-refractivity contribution in [1.29, 1.82) is 0 Å². The zero-order valence-corrected chi connectivity index (χ0v) is 14.8.